The van der Waals surface area contributed by atoms with Crippen LogP contribution < -0.4 is 16.4 Å². The van der Waals surface area contributed by atoms with E-state index in [1.165, 1.54) is 16.8 Å². The van der Waals surface area contributed by atoms with Crippen molar-refractivity contribution < 1.29 is 9.59 Å². The van der Waals surface area contributed by atoms with Crippen LogP contribution in [-0.2, 0) is 4.79 Å². The fourth-order valence-corrected chi connectivity index (χ4v) is 4.25. The average Bonchev–Trinajstić information content (AvgIpc) is 2.79. The van der Waals surface area contributed by atoms with Crippen molar-refractivity contribution in [2.45, 2.75) is 38.4 Å². The first kappa shape index (κ1) is 21.2. The minimum absolute atomic E-state index is 0.00868. The molecule has 9 nitrogen and oxygen atoms in total. The maximum atomic E-state index is 13.0. The molecular weight excluding hydrogens is 396 g/mol. The number of carbonyl (C=O) groups excluding carboxylic acids is 2. The molecule has 1 aromatic carbocycles. The lowest BCUT2D eigenvalue weighted by molar-refractivity contribution is -0.127. The lowest BCUT2D eigenvalue weighted by Crippen LogP contribution is -2.60. The molecule has 2 aromatic rings. The van der Waals surface area contributed by atoms with Crippen molar-refractivity contribution in [2.24, 2.45) is 0 Å². The van der Waals surface area contributed by atoms with Crippen LogP contribution in [0.5, 0.6) is 0 Å². The van der Waals surface area contributed by atoms with Crippen LogP contribution in [0.25, 0.3) is 0 Å². The fraction of sp³-hybridized carbons (Fsp3) is 0.455. The highest BCUT2D eigenvalue weighted by Gasteiger charge is 2.36. The summed E-state index contributed by atoms with van der Waals surface area (Å²) in [6.45, 7) is 6.14. The quantitative estimate of drug-likeness (QED) is 0.750. The van der Waals surface area contributed by atoms with Gasteiger partial charge in [-0.3, -0.25) is 24.7 Å². The molecule has 0 radical (unpaired) electrons. The van der Waals surface area contributed by atoms with Crippen LogP contribution in [0.4, 0.5) is 0 Å². The zero-order chi connectivity index (χ0) is 22.0. The maximum absolute atomic E-state index is 13.0. The number of rotatable bonds is 4. The Balaban J connectivity index is 1.45. The number of nitrogens with one attached hydrogen (secondary N) is 2. The van der Waals surface area contributed by atoms with Gasteiger partial charge in [0.25, 0.3) is 11.5 Å². The van der Waals surface area contributed by atoms with Crippen molar-refractivity contribution >= 4 is 11.8 Å². The molecule has 0 spiro atoms. The SMILES string of the molecule is CC(C)n1nc(C(=O)N2CCN(C3CC(=O)NNC3c3ccccc3)CC2)ccc1=O. The van der Waals surface area contributed by atoms with Gasteiger partial charge in [-0.05, 0) is 25.5 Å². The molecule has 2 amide bonds. The van der Waals surface area contributed by atoms with Gasteiger partial charge < -0.3 is 4.90 Å². The molecule has 0 saturated carbocycles. The van der Waals surface area contributed by atoms with Gasteiger partial charge in [0.05, 0.1) is 12.1 Å². The first-order chi connectivity index (χ1) is 14.9. The fourth-order valence-electron chi connectivity index (χ4n) is 4.25. The first-order valence-electron chi connectivity index (χ1n) is 10.7. The van der Waals surface area contributed by atoms with Crippen molar-refractivity contribution in [2.75, 3.05) is 26.2 Å². The normalized spacial score (nSPS) is 22.4. The Bertz CT molecular complexity index is 998. The van der Waals surface area contributed by atoms with Gasteiger partial charge in [0.1, 0.15) is 5.69 Å². The highest BCUT2D eigenvalue weighted by atomic mass is 16.2. The van der Waals surface area contributed by atoms with Gasteiger partial charge in [0.15, 0.2) is 0 Å². The predicted molar refractivity (Wildman–Crippen MR) is 115 cm³/mol. The molecule has 2 saturated heterocycles. The minimum Gasteiger partial charge on any atom is -0.335 e. The number of piperazine rings is 1. The van der Waals surface area contributed by atoms with E-state index in [0.717, 1.165) is 5.56 Å². The summed E-state index contributed by atoms with van der Waals surface area (Å²) >= 11 is 0. The molecule has 1 aromatic heterocycles. The standard InChI is InChI=1S/C22H28N6O3/c1-15(2)28-20(30)9-8-17(25-28)22(31)27-12-10-26(11-13-27)18-14-19(29)23-24-21(18)16-6-4-3-5-7-16/h3-9,15,18,21,24H,10-14H2,1-2H3,(H,23,29). The van der Waals surface area contributed by atoms with Crippen molar-refractivity contribution in [1.82, 2.24) is 30.4 Å². The number of hydrogen-bond acceptors (Lipinski definition) is 6. The van der Waals surface area contributed by atoms with E-state index in [1.807, 2.05) is 32.0 Å². The van der Waals surface area contributed by atoms with Gasteiger partial charge in [-0.1, -0.05) is 30.3 Å². The summed E-state index contributed by atoms with van der Waals surface area (Å²) in [6, 6.07) is 12.8. The van der Waals surface area contributed by atoms with Crippen molar-refractivity contribution in [3.8, 4) is 0 Å². The monoisotopic (exact) mass is 424 g/mol. The van der Waals surface area contributed by atoms with Gasteiger partial charge >= 0.3 is 0 Å². The Morgan fingerprint density at radius 2 is 1.74 bits per heavy atom. The van der Waals surface area contributed by atoms with Gasteiger partial charge in [0.2, 0.25) is 5.91 Å². The van der Waals surface area contributed by atoms with Crippen LogP contribution >= 0.6 is 0 Å². The van der Waals surface area contributed by atoms with E-state index in [9.17, 15) is 14.4 Å². The summed E-state index contributed by atoms with van der Waals surface area (Å²) in [4.78, 5) is 41.0. The molecule has 2 fully saturated rings. The van der Waals surface area contributed by atoms with E-state index in [-0.39, 0.29) is 41.2 Å². The molecule has 164 valence electrons. The molecule has 3 heterocycles. The van der Waals surface area contributed by atoms with Crippen LogP contribution in [0.15, 0.2) is 47.3 Å². The van der Waals surface area contributed by atoms with Crippen LogP contribution in [0.3, 0.4) is 0 Å². The van der Waals surface area contributed by atoms with Crippen LogP contribution in [-0.4, -0.2) is 63.6 Å². The summed E-state index contributed by atoms with van der Waals surface area (Å²) in [6.07, 6.45) is 0.404. The number of aromatic nitrogens is 2. The topological polar surface area (TPSA) is 99.6 Å². The maximum Gasteiger partial charge on any atom is 0.274 e. The van der Waals surface area contributed by atoms with E-state index in [1.54, 1.807) is 4.90 Å². The molecule has 9 heteroatoms. The Morgan fingerprint density at radius 1 is 1.03 bits per heavy atom. The molecule has 2 N–H and O–H groups in total. The molecule has 2 aliphatic heterocycles. The number of carbonyl (C=O) groups is 2. The number of hydrazine groups is 1. The van der Waals surface area contributed by atoms with Gasteiger partial charge in [-0.25, -0.2) is 10.1 Å². The Morgan fingerprint density at radius 3 is 2.42 bits per heavy atom. The zero-order valence-corrected chi connectivity index (χ0v) is 17.8. The largest absolute Gasteiger partial charge is 0.335 e. The molecule has 2 aliphatic rings. The predicted octanol–water partition coefficient (Wildman–Crippen LogP) is 0.716. The highest BCUT2D eigenvalue weighted by molar-refractivity contribution is 5.92. The second-order valence-electron chi connectivity index (χ2n) is 8.28. The summed E-state index contributed by atoms with van der Waals surface area (Å²) in [5, 5.41) is 4.25. The molecule has 31 heavy (non-hydrogen) atoms. The van der Waals surface area contributed by atoms with Gasteiger partial charge in [-0.15, -0.1) is 0 Å². The second kappa shape index (κ2) is 8.99. The lowest BCUT2D eigenvalue weighted by atomic mass is 9.93. The molecule has 0 bridgehead atoms. The van der Waals surface area contributed by atoms with Gasteiger partial charge in [-0.2, -0.15) is 5.10 Å². The average molecular weight is 425 g/mol. The van der Waals surface area contributed by atoms with Gasteiger partial charge in [0, 0.05) is 44.7 Å². The Labute approximate surface area is 181 Å². The third-order valence-corrected chi connectivity index (χ3v) is 5.91. The van der Waals surface area contributed by atoms with Crippen molar-refractivity contribution in [3.63, 3.8) is 0 Å². The number of amides is 2. The molecule has 2 unspecified atom stereocenters. The lowest BCUT2D eigenvalue weighted by Gasteiger charge is -2.44. The summed E-state index contributed by atoms with van der Waals surface area (Å²) in [7, 11) is 0. The van der Waals surface area contributed by atoms with E-state index in [0.29, 0.717) is 32.6 Å². The first-order valence-corrected chi connectivity index (χ1v) is 10.7. The number of hydrogen-bond donors (Lipinski definition) is 2. The molecule has 4 rings (SSSR count). The summed E-state index contributed by atoms with van der Waals surface area (Å²) < 4.78 is 1.33. The second-order valence-corrected chi connectivity index (χ2v) is 8.28. The third-order valence-electron chi connectivity index (χ3n) is 5.91. The smallest absolute Gasteiger partial charge is 0.274 e. The Kier molecular flexibility index (Phi) is 6.15. The molecule has 2 atom stereocenters. The van der Waals surface area contributed by atoms with E-state index >= 15 is 0 Å². The zero-order valence-electron chi connectivity index (χ0n) is 17.8. The van der Waals surface area contributed by atoms with E-state index < -0.39 is 0 Å². The summed E-state index contributed by atoms with van der Waals surface area (Å²) in [5.41, 5.74) is 7.08. The number of benzene rings is 1. The molecular formula is C22H28N6O3. The van der Waals surface area contributed by atoms with Crippen LogP contribution in [0.2, 0.25) is 0 Å². The Hall–Kier alpha value is -3.04. The van der Waals surface area contributed by atoms with E-state index in [4.69, 9.17) is 0 Å². The minimum atomic E-state index is -0.216. The van der Waals surface area contributed by atoms with E-state index in [2.05, 4.69) is 33.0 Å². The van der Waals surface area contributed by atoms with Crippen molar-refractivity contribution in [1.29, 1.82) is 0 Å². The number of nitrogens with zero attached hydrogens (tertiary/aromatic N) is 4. The van der Waals surface area contributed by atoms with Crippen molar-refractivity contribution in [3.05, 3.63) is 64.1 Å². The summed E-state index contributed by atoms with van der Waals surface area (Å²) in [5.74, 6) is -0.205. The molecule has 0 aliphatic carbocycles. The highest BCUT2D eigenvalue weighted by Crippen LogP contribution is 2.26. The van der Waals surface area contributed by atoms with Crippen LogP contribution in [0, 0.1) is 0 Å². The van der Waals surface area contributed by atoms with Crippen LogP contribution in [0.1, 0.15) is 48.4 Å². The third kappa shape index (κ3) is 4.52.